The van der Waals surface area contributed by atoms with Crippen LogP contribution in [0.4, 0.5) is 0 Å². The number of hydrogen-bond donors (Lipinski definition) is 2. The van der Waals surface area contributed by atoms with Gasteiger partial charge in [-0.05, 0) is 23.8 Å². The molecule has 0 unspecified atom stereocenters. The summed E-state index contributed by atoms with van der Waals surface area (Å²) in [5.74, 6) is -1.12. The number of carbonyl (C=O) groups excluding carboxylic acids is 2. The number of carbonyl (C=O) groups is 2. The highest BCUT2D eigenvalue weighted by atomic mass is 35.5. The number of amides is 2. The maximum Gasteiger partial charge on any atom is 0.329 e. The average molecular weight is 372 g/mol. The van der Waals surface area contributed by atoms with E-state index in [0.29, 0.717) is 22.9 Å². The van der Waals surface area contributed by atoms with Gasteiger partial charge in [0, 0.05) is 17.1 Å². The smallest absolute Gasteiger partial charge is 0.329 e. The number of benzene rings is 2. The Hall–Kier alpha value is -3.12. The molecule has 0 aliphatic carbocycles. The minimum Gasteiger partial charge on any atom is -0.489 e. The highest BCUT2D eigenvalue weighted by Gasteiger charge is 2.12. The van der Waals surface area contributed by atoms with Gasteiger partial charge in [-0.1, -0.05) is 54.6 Å². The Labute approximate surface area is 156 Å². The number of nitrogens with zero attached hydrogens (tertiary/aromatic N) is 1. The Morgan fingerprint density at radius 1 is 1.15 bits per heavy atom. The van der Waals surface area contributed by atoms with E-state index in [2.05, 4.69) is 22.4 Å². The van der Waals surface area contributed by atoms with E-state index >= 15 is 0 Å². The minimum absolute atomic E-state index is 0.255. The van der Waals surface area contributed by atoms with Crippen LogP contribution >= 0.6 is 11.6 Å². The monoisotopic (exact) mass is 371 g/mol. The summed E-state index contributed by atoms with van der Waals surface area (Å²) >= 11 is 5.95. The number of halogens is 1. The van der Waals surface area contributed by atoms with Crippen molar-refractivity contribution in [1.29, 1.82) is 0 Å². The third-order valence-electron chi connectivity index (χ3n) is 3.20. The number of rotatable bonds is 7. The van der Waals surface area contributed by atoms with Gasteiger partial charge in [0.05, 0.1) is 6.21 Å². The highest BCUT2D eigenvalue weighted by molar-refractivity contribution is 6.35. The maximum absolute atomic E-state index is 11.8. The van der Waals surface area contributed by atoms with Crippen molar-refractivity contribution in [2.75, 3.05) is 6.61 Å². The summed E-state index contributed by atoms with van der Waals surface area (Å²) in [4.78, 5) is 23.5. The van der Waals surface area contributed by atoms with E-state index in [4.69, 9.17) is 16.3 Å². The Morgan fingerprint density at radius 3 is 2.65 bits per heavy atom. The molecule has 0 bridgehead atoms. The summed E-state index contributed by atoms with van der Waals surface area (Å²) < 4.78 is 5.47. The Bertz CT molecular complexity index is 807. The summed E-state index contributed by atoms with van der Waals surface area (Å²) in [5.41, 5.74) is 3.62. The fraction of sp³-hybridized carbons (Fsp3) is 0.105. The first-order chi connectivity index (χ1) is 12.6. The first kappa shape index (κ1) is 19.2. The predicted molar refractivity (Wildman–Crippen MR) is 101 cm³/mol. The molecule has 2 aromatic carbocycles. The van der Waals surface area contributed by atoms with Crippen LogP contribution < -0.4 is 15.5 Å². The molecule has 7 heteroatoms. The fourth-order valence-electron chi connectivity index (χ4n) is 1.97. The van der Waals surface area contributed by atoms with Crippen LogP contribution in [0, 0.1) is 0 Å². The Morgan fingerprint density at radius 2 is 1.92 bits per heavy atom. The molecular formula is C19H18ClN3O3. The molecule has 2 amide bonds. The molecule has 0 atom stereocenters. The van der Waals surface area contributed by atoms with Crippen molar-refractivity contribution in [3.63, 3.8) is 0 Å². The van der Waals surface area contributed by atoms with Gasteiger partial charge in [0.1, 0.15) is 12.4 Å². The molecule has 0 spiro atoms. The second-order valence-corrected chi connectivity index (χ2v) is 5.59. The lowest BCUT2D eigenvalue weighted by molar-refractivity contribution is -0.139. The lowest BCUT2D eigenvalue weighted by atomic mass is 10.2. The van der Waals surface area contributed by atoms with Gasteiger partial charge in [0.25, 0.3) is 0 Å². The van der Waals surface area contributed by atoms with E-state index < -0.39 is 11.8 Å². The van der Waals surface area contributed by atoms with Gasteiger partial charge in [-0.15, -0.1) is 0 Å². The van der Waals surface area contributed by atoms with Crippen molar-refractivity contribution in [3.8, 4) is 5.75 Å². The molecule has 0 aliphatic rings. The van der Waals surface area contributed by atoms with Crippen molar-refractivity contribution in [3.05, 3.63) is 77.3 Å². The van der Waals surface area contributed by atoms with Crippen LogP contribution in [0.2, 0.25) is 5.02 Å². The van der Waals surface area contributed by atoms with Gasteiger partial charge >= 0.3 is 11.8 Å². The second kappa shape index (κ2) is 10.0. The van der Waals surface area contributed by atoms with Gasteiger partial charge in [0.15, 0.2) is 0 Å². The summed E-state index contributed by atoms with van der Waals surface area (Å²) in [6, 6.07) is 14.3. The topological polar surface area (TPSA) is 79.8 Å². The van der Waals surface area contributed by atoms with E-state index in [0.717, 1.165) is 5.56 Å². The lowest BCUT2D eigenvalue weighted by Gasteiger charge is -2.07. The summed E-state index contributed by atoms with van der Waals surface area (Å²) in [5, 5.41) is 6.78. The molecule has 0 saturated carbocycles. The quantitative estimate of drug-likeness (QED) is 0.340. The molecule has 2 rings (SSSR count). The van der Waals surface area contributed by atoms with E-state index in [-0.39, 0.29) is 6.54 Å². The molecule has 0 radical (unpaired) electrons. The standard InChI is InChI=1S/C19H18ClN3O3/c1-2-10-26-17-9-8-16(20)11-15(17)13-22-23-19(25)18(24)21-12-14-6-4-3-5-7-14/h2-9,11,13H,1,10,12H2,(H,21,24)(H,23,25)/b22-13-. The largest absolute Gasteiger partial charge is 0.489 e. The van der Waals surface area contributed by atoms with Gasteiger partial charge in [-0.3, -0.25) is 9.59 Å². The van der Waals surface area contributed by atoms with Crippen molar-refractivity contribution in [2.45, 2.75) is 6.54 Å². The van der Waals surface area contributed by atoms with Gasteiger partial charge in [-0.25, -0.2) is 5.43 Å². The van der Waals surface area contributed by atoms with Crippen LogP contribution in [-0.2, 0) is 16.1 Å². The van der Waals surface area contributed by atoms with Crippen LogP contribution in [0.3, 0.4) is 0 Å². The molecule has 0 heterocycles. The zero-order valence-corrected chi connectivity index (χ0v) is 14.7. The minimum atomic E-state index is -0.868. The van der Waals surface area contributed by atoms with Gasteiger partial charge < -0.3 is 10.1 Å². The number of hydrazone groups is 1. The third kappa shape index (κ3) is 6.07. The van der Waals surface area contributed by atoms with Crippen LogP contribution in [0.1, 0.15) is 11.1 Å². The molecule has 0 saturated heterocycles. The van der Waals surface area contributed by atoms with E-state index in [1.807, 2.05) is 30.3 Å². The van der Waals surface area contributed by atoms with Gasteiger partial charge in [0.2, 0.25) is 0 Å². The second-order valence-electron chi connectivity index (χ2n) is 5.15. The van der Waals surface area contributed by atoms with Crippen LogP contribution in [0.25, 0.3) is 0 Å². The van der Waals surface area contributed by atoms with Crippen LogP contribution in [-0.4, -0.2) is 24.6 Å². The predicted octanol–water partition coefficient (Wildman–Crippen LogP) is 2.67. The Balaban J connectivity index is 1.90. The van der Waals surface area contributed by atoms with Crippen molar-refractivity contribution < 1.29 is 14.3 Å². The number of hydrogen-bond acceptors (Lipinski definition) is 4. The van der Waals surface area contributed by atoms with Crippen molar-refractivity contribution in [1.82, 2.24) is 10.7 Å². The first-order valence-corrected chi connectivity index (χ1v) is 8.16. The van der Waals surface area contributed by atoms with Crippen LogP contribution in [0.5, 0.6) is 5.75 Å². The third-order valence-corrected chi connectivity index (χ3v) is 3.44. The average Bonchev–Trinajstić information content (AvgIpc) is 2.66. The first-order valence-electron chi connectivity index (χ1n) is 7.78. The molecule has 2 aromatic rings. The molecule has 6 nitrogen and oxygen atoms in total. The van der Waals surface area contributed by atoms with Crippen LogP contribution in [0.15, 0.2) is 66.3 Å². The summed E-state index contributed by atoms with van der Waals surface area (Å²) in [6.07, 6.45) is 2.96. The van der Waals surface area contributed by atoms with Gasteiger partial charge in [-0.2, -0.15) is 5.10 Å². The van der Waals surface area contributed by atoms with E-state index in [1.54, 1.807) is 24.3 Å². The molecule has 2 N–H and O–H groups in total. The highest BCUT2D eigenvalue weighted by Crippen LogP contribution is 2.21. The molecule has 0 aliphatic heterocycles. The maximum atomic E-state index is 11.8. The molecule has 0 aromatic heterocycles. The van der Waals surface area contributed by atoms with E-state index in [1.165, 1.54) is 6.21 Å². The molecule has 134 valence electrons. The summed E-state index contributed by atoms with van der Waals surface area (Å²) in [6.45, 7) is 4.15. The van der Waals surface area contributed by atoms with E-state index in [9.17, 15) is 9.59 Å². The lowest BCUT2D eigenvalue weighted by Crippen LogP contribution is -2.37. The van der Waals surface area contributed by atoms with Crippen molar-refractivity contribution in [2.24, 2.45) is 5.10 Å². The Kier molecular flexibility index (Phi) is 7.39. The normalized spacial score (nSPS) is 10.3. The zero-order valence-electron chi connectivity index (χ0n) is 13.9. The molecule has 26 heavy (non-hydrogen) atoms. The molecule has 0 fully saturated rings. The fourth-order valence-corrected chi connectivity index (χ4v) is 2.15. The SMILES string of the molecule is C=CCOc1ccc(Cl)cc1/C=N\NC(=O)C(=O)NCc1ccccc1. The zero-order chi connectivity index (χ0) is 18.8. The summed E-state index contributed by atoms with van der Waals surface area (Å²) in [7, 11) is 0. The molecular weight excluding hydrogens is 354 g/mol. The van der Waals surface area contributed by atoms with Crippen molar-refractivity contribution >= 4 is 29.6 Å². The number of ether oxygens (including phenoxy) is 1. The number of nitrogens with one attached hydrogen (secondary N) is 2.